The van der Waals surface area contributed by atoms with Gasteiger partial charge in [0.1, 0.15) is 11.9 Å². The van der Waals surface area contributed by atoms with Crippen LogP contribution in [-0.4, -0.2) is 26.9 Å². The first-order chi connectivity index (χ1) is 12.3. The number of aromatic nitrogens is 2. The molecule has 1 atom stereocenters. The Morgan fingerprint density at radius 3 is 2.58 bits per heavy atom. The first kappa shape index (κ1) is 19.3. The highest BCUT2D eigenvalue weighted by molar-refractivity contribution is 6.51. The fraction of sp³-hybridized carbons (Fsp3) is 0.222. The number of nitrogens with zero attached hydrogens (tertiary/aromatic N) is 2. The van der Waals surface area contributed by atoms with Crippen LogP contribution in [0.2, 0.25) is 5.02 Å². The van der Waals surface area contributed by atoms with Crippen LogP contribution in [0.15, 0.2) is 47.5 Å². The van der Waals surface area contributed by atoms with E-state index in [1.54, 1.807) is 61.1 Å². The molecule has 1 aliphatic carbocycles. The minimum Gasteiger partial charge on any atom is -0.373 e. The molecule has 0 saturated heterocycles. The Bertz CT molecular complexity index is 931. The molecular weight excluding hydrogens is 416 g/mol. The second-order valence-electron chi connectivity index (χ2n) is 5.80. The van der Waals surface area contributed by atoms with E-state index in [1.165, 1.54) is 0 Å². The van der Waals surface area contributed by atoms with Gasteiger partial charge in [-0.1, -0.05) is 64.6 Å². The van der Waals surface area contributed by atoms with Crippen molar-refractivity contribution in [2.75, 3.05) is 12.4 Å². The minimum absolute atomic E-state index is 0.245. The van der Waals surface area contributed by atoms with E-state index in [0.717, 1.165) is 0 Å². The number of hydrogen-bond donors (Lipinski definition) is 1. The summed E-state index contributed by atoms with van der Waals surface area (Å²) in [4.78, 5) is 13.1. The van der Waals surface area contributed by atoms with Crippen molar-refractivity contribution in [3.8, 4) is 0 Å². The van der Waals surface area contributed by atoms with E-state index in [1.807, 2.05) is 0 Å². The van der Waals surface area contributed by atoms with Gasteiger partial charge in [0.15, 0.2) is 10.1 Å². The van der Waals surface area contributed by atoms with E-state index in [9.17, 15) is 4.79 Å². The van der Waals surface area contributed by atoms with Crippen LogP contribution in [0, 0.1) is 6.92 Å². The van der Waals surface area contributed by atoms with Crippen molar-refractivity contribution in [2.45, 2.75) is 17.3 Å². The third kappa shape index (κ3) is 3.27. The summed E-state index contributed by atoms with van der Waals surface area (Å²) in [6.07, 6.45) is 5.00. The highest BCUT2D eigenvalue weighted by Crippen LogP contribution is 2.46. The summed E-state index contributed by atoms with van der Waals surface area (Å²) in [7, 11) is 1.69. The number of allylic oxidation sites excluding steroid dienone is 4. The number of ketones is 1. The van der Waals surface area contributed by atoms with Crippen molar-refractivity contribution in [1.82, 2.24) is 9.78 Å². The molecule has 2 aromatic rings. The summed E-state index contributed by atoms with van der Waals surface area (Å²) in [6, 6.07) is 6.19. The first-order valence-electron chi connectivity index (χ1n) is 7.76. The zero-order valence-corrected chi connectivity index (χ0v) is 17.0. The lowest BCUT2D eigenvalue weighted by Gasteiger charge is -2.30. The smallest absolute Gasteiger partial charge is 0.200 e. The lowest BCUT2D eigenvalue weighted by atomic mass is 10.0. The molecule has 0 saturated carbocycles. The van der Waals surface area contributed by atoms with Gasteiger partial charge < -0.3 is 5.32 Å². The van der Waals surface area contributed by atoms with Gasteiger partial charge in [-0.25, -0.2) is 4.68 Å². The van der Waals surface area contributed by atoms with Gasteiger partial charge in [-0.05, 0) is 31.2 Å². The molecule has 1 unspecified atom stereocenters. The Balaban J connectivity index is 2.16. The summed E-state index contributed by atoms with van der Waals surface area (Å²) < 4.78 is 0.238. The van der Waals surface area contributed by atoms with E-state index >= 15 is 0 Å². The second kappa shape index (κ2) is 7.28. The van der Waals surface area contributed by atoms with Crippen LogP contribution < -0.4 is 5.32 Å². The summed E-state index contributed by atoms with van der Waals surface area (Å²) in [6.45, 7) is 1.74. The van der Waals surface area contributed by atoms with E-state index in [2.05, 4.69) is 10.4 Å². The number of rotatable bonds is 4. The molecule has 0 spiro atoms. The summed E-state index contributed by atoms with van der Waals surface area (Å²) in [5.74, 6) is 0.217. The van der Waals surface area contributed by atoms with Gasteiger partial charge in [-0.2, -0.15) is 5.10 Å². The molecule has 0 radical (unpaired) electrons. The molecule has 1 aliphatic rings. The van der Waals surface area contributed by atoms with Crippen molar-refractivity contribution in [2.24, 2.45) is 0 Å². The van der Waals surface area contributed by atoms with Crippen LogP contribution in [-0.2, 0) is 0 Å². The lowest BCUT2D eigenvalue weighted by Crippen LogP contribution is -2.30. The number of halogens is 4. The molecule has 26 heavy (non-hydrogen) atoms. The molecule has 1 aromatic carbocycles. The molecule has 1 heterocycles. The van der Waals surface area contributed by atoms with Gasteiger partial charge in [0, 0.05) is 17.6 Å². The second-order valence-corrected chi connectivity index (χ2v) is 8.09. The van der Waals surface area contributed by atoms with Gasteiger partial charge in [0.25, 0.3) is 0 Å². The first-order valence-corrected chi connectivity index (χ1v) is 9.28. The normalized spacial score (nSPS) is 18.5. The molecule has 3 rings (SSSR count). The highest BCUT2D eigenvalue weighted by Gasteiger charge is 2.41. The zero-order valence-electron chi connectivity index (χ0n) is 13.9. The maximum absolute atomic E-state index is 13.1. The number of carbonyl (C=O) groups is 1. The molecule has 136 valence electrons. The van der Waals surface area contributed by atoms with Gasteiger partial charge in [0.05, 0.1) is 16.3 Å². The molecule has 4 nitrogen and oxygen atoms in total. The predicted octanol–water partition coefficient (Wildman–Crippen LogP) is 5.53. The van der Waals surface area contributed by atoms with Crippen LogP contribution in [0.25, 0.3) is 0 Å². The highest BCUT2D eigenvalue weighted by atomic mass is 35.5. The van der Waals surface area contributed by atoms with Crippen LogP contribution in [0.4, 0.5) is 5.82 Å². The van der Waals surface area contributed by atoms with E-state index in [0.29, 0.717) is 32.7 Å². The quantitative estimate of drug-likeness (QED) is 0.512. The predicted molar refractivity (Wildman–Crippen MR) is 108 cm³/mol. The summed E-state index contributed by atoms with van der Waals surface area (Å²) >= 11 is 25.4. The molecule has 1 N–H and O–H groups in total. The van der Waals surface area contributed by atoms with Gasteiger partial charge >= 0.3 is 0 Å². The standard InChI is InChI=1S/C18H15Cl4N3O/c1-10-14(15(26)11-6-3-4-7-12(11)19)17(23-2)25(24-10)16-13(20)8-5-9-18(16,21)22/h3-9,16,23H,1-2H3. The van der Waals surface area contributed by atoms with Gasteiger partial charge in [0.2, 0.25) is 0 Å². The van der Waals surface area contributed by atoms with Gasteiger partial charge in [-0.3, -0.25) is 4.79 Å². The molecule has 0 aliphatic heterocycles. The Morgan fingerprint density at radius 2 is 1.96 bits per heavy atom. The van der Waals surface area contributed by atoms with E-state index in [4.69, 9.17) is 46.4 Å². The number of aryl methyl sites for hydroxylation is 1. The number of hydrogen-bond acceptors (Lipinski definition) is 3. The number of nitrogens with one attached hydrogen (secondary N) is 1. The van der Waals surface area contributed by atoms with Crippen molar-refractivity contribution in [3.63, 3.8) is 0 Å². The van der Waals surface area contributed by atoms with Crippen molar-refractivity contribution in [1.29, 1.82) is 0 Å². The Kier molecular flexibility index (Phi) is 5.40. The van der Waals surface area contributed by atoms with Crippen molar-refractivity contribution >= 4 is 58.0 Å². The number of benzene rings is 1. The largest absolute Gasteiger partial charge is 0.373 e. The Morgan fingerprint density at radius 1 is 1.27 bits per heavy atom. The average Bonchev–Trinajstić information content (AvgIpc) is 2.89. The monoisotopic (exact) mass is 429 g/mol. The molecule has 0 bridgehead atoms. The van der Waals surface area contributed by atoms with Crippen molar-refractivity contribution < 1.29 is 4.79 Å². The van der Waals surface area contributed by atoms with E-state index < -0.39 is 10.4 Å². The SMILES string of the molecule is CNc1c(C(=O)c2ccccc2Cl)c(C)nn1C1C(Cl)=CC=CC1(Cl)Cl. The van der Waals surface area contributed by atoms with Crippen LogP contribution in [0.3, 0.4) is 0 Å². The van der Waals surface area contributed by atoms with Crippen LogP contribution in [0.1, 0.15) is 27.7 Å². The van der Waals surface area contributed by atoms with E-state index in [-0.39, 0.29) is 5.78 Å². The maximum atomic E-state index is 13.1. The van der Waals surface area contributed by atoms with Crippen molar-refractivity contribution in [3.05, 3.63) is 69.4 Å². The third-order valence-corrected chi connectivity index (χ3v) is 5.44. The average molecular weight is 431 g/mol. The van der Waals surface area contributed by atoms with Crippen LogP contribution in [0.5, 0.6) is 0 Å². The summed E-state index contributed by atoms with van der Waals surface area (Å²) in [5.41, 5.74) is 1.30. The summed E-state index contributed by atoms with van der Waals surface area (Å²) in [5, 5.41) is 8.29. The zero-order chi connectivity index (χ0) is 19.1. The molecular formula is C18H15Cl4N3O. The fourth-order valence-electron chi connectivity index (χ4n) is 2.94. The maximum Gasteiger partial charge on any atom is 0.200 e. The molecule has 8 heteroatoms. The Hall–Kier alpha value is -1.46. The number of alkyl halides is 2. The molecule has 1 aromatic heterocycles. The molecule has 0 fully saturated rings. The topological polar surface area (TPSA) is 46.9 Å². The Labute approximate surface area is 171 Å². The fourth-order valence-corrected chi connectivity index (χ4v) is 4.18. The lowest BCUT2D eigenvalue weighted by molar-refractivity contribution is 0.103. The van der Waals surface area contributed by atoms with Crippen LogP contribution >= 0.6 is 46.4 Å². The number of anilines is 1. The third-order valence-electron chi connectivity index (χ3n) is 4.11. The molecule has 0 amide bonds. The number of carbonyl (C=O) groups excluding carboxylic acids is 1. The minimum atomic E-state index is -1.30. The van der Waals surface area contributed by atoms with Gasteiger partial charge in [-0.15, -0.1) is 0 Å².